The first-order valence-electron chi connectivity index (χ1n) is 4.35. The van der Waals surface area contributed by atoms with Crippen LogP contribution in [-0.2, 0) is 0 Å². The van der Waals surface area contributed by atoms with Crippen molar-refractivity contribution in [3.8, 4) is 0 Å². The molecule has 0 fully saturated rings. The molecule has 0 amide bonds. The van der Waals surface area contributed by atoms with Gasteiger partial charge in [0.2, 0.25) is 0 Å². The van der Waals surface area contributed by atoms with Crippen LogP contribution in [0.15, 0.2) is 22.7 Å². The predicted octanol–water partition coefficient (Wildman–Crippen LogP) is 3.39. The van der Waals surface area contributed by atoms with E-state index in [4.69, 9.17) is 5.73 Å². The van der Waals surface area contributed by atoms with E-state index in [0.717, 1.165) is 17.3 Å². The second kappa shape index (κ2) is 4.72. The van der Waals surface area contributed by atoms with Gasteiger partial charge >= 0.3 is 0 Å². The Hall–Kier alpha value is -0.410. The molecule has 0 saturated carbocycles. The van der Waals surface area contributed by atoms with Gasteiger partial charge in [0.05, 0.1) is 0 Å². The molecular weight excluding hydrogens is 233 g/mol. The summed E-state index contributed by atoms with van der Waals surface area (Å²) in [6, 6.07) is 4.67. The normalized spacial score (nSPS) is 12.9. The molecule has 0 aliphatic rings. The van der Waals surface area contributed by atoms with Gasteiger partial charge in [0, 0.05) is 16.1 Å². The lowest BCUT2D eigenvalue weighted by molar-refractivity contribution is 0.559. The number of halogens is 2. The van der Waals surface area contributed by atoms with E-state index < -0.39 is 0 Å². The Morgan fingerprint density at radius 1 is 1.54 bits per heavy atom. The van der Waals surface area contributed by atoms with Crippen LogP contribution in [0.4, 0.5) is 4.39 Å². The molecule has 1 aromatic rings. The van der Waals surface area contributed by atoms with Gasteiger partial charge in [-0.15, -0.1) is 0 Å². The van der Waals surface area contributed by atoms with Crippen molar-refractivity contribution in [1.29, 1.82) is 0 Å². The van der Waals surface area contributed by atoms with Gasteiger partial charge in [-0.25, -0.2) is 4.39 Å². The fourth-order valence-electron chi connectivity index (χ4n) is 1.27. The highest BCUT2D eigenvalue weighted by Gasteiger charge is 2.10. The molecule has 0 radical (unpaired) electrons. The van der Waals surface area contributed by atoms with Crippen LogP contribution in [0.25, 0.3) is 0 Å². The number of nitrogens with two attached hydrogens (primary N) is 1. The number of hydrogen-bond acceptors (Lipinski definition) is 1. The third kappa shape index (κ3) is 2.78. The van der Waals surface area contributed by atoms with Gasteiger partial charge in [0.25, 0.3) is 0 Å². The summed E-state index contributed by atoms with van der Waals surface area (Å²) in [5.41, 5.74) is 6.41. The Morgan fingerprint density at radius 2 is 2.23 bits per heavy atom. The van der Waals surface area contributed by atoms with Crippen molar-refractivity contribution in [2.45, 2.75) is 25.8 Å². The molecule has 0 aromatic heterocycles. The molecule has 0 saturated heterocycles. The Bertz CT molecular complexity index is 288. The largest absolute Gasteiger partial charge is 0.324 e. The number of rotatable bonds is 3. The third-order valence-corrected chi connectivity index (χ3v) is 2.45. The molecule has 0 aliphatic heterocycles. The Morgan fingerprint density at radius 3 is 2.85 bits per heavy atom. The lowest BCUT2D eigenvalue weighted by Gasteiger charge is -2.11. The van der Waals surface area contributed by atoms with Gasteiger partial charge in [-0.2, -0.15) is 0 Å². The maximum absolute atomic E-state index is 13.2. The zero-order chi connectivity index (χ0) is 9.84. The SMILES string of the molecule is CCC[C@H](N)c1cc(Br)ccc1F. The zero-order valence-electron chi connectivity index (χ0n) is 7.56. The first-order chi connectivity index (χ1) is 6.15. The standard InChI is InChI=1S/C10H13BrFN/c1-2-3-10(13)8-6-7(11)4-5-9(8)12/h4-6,10H,2-3,13H2,1H3/t10-/m0/s1. The summed E-state index contributed by atoms with van der Waals surface area (Å²) >= 11 is 3.29. The molecule has 1 nitrogen and oxygen atoms in total. The van der Waals surface area contributed by atoms with E-state index in [-0.39, 0.29) is 11.9 Å². The van der Waals surface area contributed by atoms with Gasteiger partial charge in [0.15, 0.2) is 0 Å². The number of hydrogen-bond donors (Lipinski definition) is 1. The molecule has 0 spiro atoms. The second-order valence-electron chi connectivity index (χ2n) is 3.06. The van der Waals surface area contributed by atoms with Gasteiger partial charge in [-0.05, 0) is 24.6 Å². The molecule has 1 aromatic carbocycles. The minimum absolute atomic E-state index is 0.192. The van der Waals surface area contributed by atoms with Crippen LogP contribution in [0.5, 0.6) is 0 Å². The van der Waals surface area contributed by atoms with Gasteiger partial charge in [-0.3, -0.25) is 0 Å². The summed E-state index contributed by atoms with van der Waals surface area (Å²) in [5, 5.41) is 0. The molecule has 1 rings (SSSR count). The lowest BCUT2D eigenvalue weighted by atomic mass is 10.0. The van der Waals surface area contributed by atoms with Crippen molar-refractivity contribution in [1.82, 2.24) is 0 Å². The fraction of sp³-hybridized carbons (Fsp3) is 0.400. The van der Waals surface area contributed by atoms with Crippen LogP contribution in [0.1, 0.15) is 31.4 Å². The average molecular weight is 246 g/mol. The van der Waals surface area contributed by atoms with E-state index in [1.54, 1.807) is 12.1 Å². The Labute approximate surface area is 86.3 Å². The van der Waals surface area contributed by atoms with E-state index in [2.05, 4.69) is 15.9 Å². The molecule has 0 bridgehead atoms. The summed E-state index contributed by atoms with van der Waals surface area (Å²) in [6.07, 6.45) is 1.78. The Kier molecular flexibility index (Phi) is 3.88. The van der Waals surface area contributed by atoms with E-state index in [1.165, 1.54) is 6.07 Å². The maximum atomic E-state index is 13.2. The maximum Gasteiger partial charge on any atom is 0.128 e. The van der Waals surface area contributed by atoms with Gasteiger partial charge in [0.1, 0.15) is 5.82 Å². The second-order valence-corrected chi connectivity index (χ2v) is 3.98. The summed E-state index contributed by atoms with van der Waals surface area (Å²) < 4.78 is 14.1. The molecule has 2 N–H and O–H groups in total. The average Bonchev–Trinajstić information content (AvgIpc) is 2.09. The highest BCUT2D eigenvalue weighted by atomic mass is 79.9. The van der Waals surface area contributed by atoms with Crippen molar-refractivity contribution in [3.05, 3.63) is 34.1 Å². The predicted molar refractivity (Wildman–Crippen MR) is 55.9 cm³/mol. The summed E-state index contributed by atoms with van der Waals surface area (Å²) in [5.74, 6) is -0.218. The van der Waals surface area contributed by atoms with E-state index >= 15 is 0 Å². The van der Waals surface area contributed by atoms with Crippen molar-refractivity contribution in [2.24, 2.45) is 5.73 Å². The van der Waals surface area contributed by atoms with E-state index in [0.29, 0.717) is 5.56 Å². The van der Waals surface area contributed by atoms with Crippen LogP contribution in [0.3, 0.4) is 0 Å². The van der Waals surface area contributed by atoms with Gasteiger partial charge in [-0.1, -0.05) is 29.3 Å². The molecular formula is C10H13BrFN. The molecule has 72 valence electrons. The minimum atomic E-state index is -0.218. The first kappa shape index (κ1) is 10.7. The van der Waals surface area contributed by atoms with Crippen LogP contribution < -0.4 is 5.73 Å². The molecule has 0 unspecified atom stereocenters. The van der Waals surface area contributed by atoms with Crippen molar-refractivity contribution >= 4 is 15.9 Å². The zero-order valence-corrected chi connectivity index (χ0v) is 9.14. The van der Waals surface area contributed by atoms with E-state index in [1.807, 2.05) is 6.92 Å². The Balaban J connectivity index is 2.91. The fourth-order valence-corrected chi connectivity index (χ4v) is 1.64. The molecule has 13 heavy (non-hydrogen) atoms. The van der Waals surface area contributed by atoms with Crippen molar-refractivity contribution < 1.29 is 4.39 Å². The van der Waals surface area contributed by atoms with Gasteiger partial charge < -0.3 is 5.73 Å². The molecule has 0 aliphatic carbocycles. The van der Waals surface area contributed by atoms with Crippen LogP contribution in [0, 0.1) is 5.82 Å². The van der Waals surface area contributed by atoms with Crippen LogP contribution in [-0.4, -0.2) is 0 Å². The highest BCUT2D eigenvalue weighted by Crippen LogP contribution is 2.22. The summed E-state index contributed by atoms with van der Waals surface area (Å²) in [4.78, 5) is 0. The van der Waals surface area contributed by atoms with Crippen LogP contribution >= 0.6 is 15.9 Å². The third-order valence-electron chi connectivity index (χ3n) is 1.96. The monoisotopic (exact) mass is 245 g/mol. The topological polar surface area (TPSA) is 26.0 Å². The molecule has 3 heteroatoms. The minimum Gasteiger partial charge on any atom is -0.324 e. The smallest absolute Gasteiger partial charge is 0.128 e. The molecule has 1 atom stereocenters. The first-order valence-corrected chi connectivity index (χ1v) is 5.15. The molecule has 0 heterocycles. The van der Waals surface area contributed by atoms with E-state index in [9.17, 15) is 4.39 Å². The number of benzene rings is 1. The quantitative estimate of drug-likeness (QED) is 0.869. The van der Waals surface area contributed by atoms with Crippen molar-refractivity contribution in [2.75, 3.05) is 0 Å². The summed E-state index contributed by atoms with van der Waals surface area (Å²) in [7, 11) is 0. The highest BCUT2D eigenvalue weighted by molar-refractivity contribution is 9.10. The van der Waals surface area contributed by atoms with Crippen LogP contribution in [0.2, 0.25) is 0 Å². The lowest BCUT2D eigenvalue weighted by Crippen LogP contribution is -2.11. The van der Waals surface area contributed by atoms with Crippen molar-refractivity contribution in [3.63, 3.8) is 0 Å². The summed E-state index contributed by atoms with van der Waals surface area (Å²) in [6.45, 7) is 2.04.